The normalized spacial score (nSPS) is 17.1. The summed E-state index contributed by atoms with van der Waals surface area (Å²) < 4.78 is 1.93. The molecule has 0 unspecified atom stereocenters. The van der Waals surface area contributed by atoms with Crippen LogP contribution in [0.15, 0.2) is 41.6 Å². The van der Waals surface area contributed by atoms with Crippen molar-refractivity contribution in [2.24, 2.45) is 12.1 Å². The number of anilines is 1. The highest BCUT2D eigenvalue weighted by atomic mass is 15.7. The van der Waals surface area contributed by atoms with Crippen molar-refractivity contribution in [3.8, 4) is 0 Å². The van der Waals surface area contributed by atoms with E-state index < -0.39 is 0 Å². The molecule has 22 heavy (non-hydrogen) atoms. The van der Waals surface area contributed by atoms with Crippen LogP contribution in [-0.4, -0.2) is 44.7 Å². The second kappa shape index (κ2) is 5.18. The molecule has 0 atom stereocenters. The van der Waals surface area contributed by atoms with E-state index in [9.17, 15) is 0 Å². The highest BCUT2D eigenvalue weighted by molar-refractivity contribution is 6.47. The summed E-state index contributed by atoms with van der Waals surface area (Å²) in [7, 11) is 3.76. The van der Waals surface area contributed by atoms with Crippen LogP contribution in [0.2, 0.25) is 0 Å². The number of amidine groups is 1. The fraction of sp³-hybridized carbons (Fsp3) is 0.267. The van der Waals surface area contributed by atoms with Gasteiger partial charge in [0.15, 0.2) is 11.5 Å². The van der Waals surface area contributed by atoms with Gasteiger partial charge in [-0.3, -0.25) is 15.4 Å². The lowest BCUT2D eigenvalue weighted by Crippen LogP contribution is -2.34. The van der Waals surface area contributed by atoms with Crippen LogP contribution in [0.5, 0.6) is 0 Å². The molecule has 1 saturated heterocycles. The molecule has 0 bridgehead atoms. The standard InChI is InChI=1S/C15H19N7/c1-5-22-10(2)13(14(16)21(22)4)18-19-15-17-11-8-6-7-9-12(11)20(15)3/h6-9,16H,2,5H2,1,3-4H3,(H,17,19). The molecular weight excluding hydrogens is 278 g/mol. The molecule has 2 aromatic rings. The van der Waals surface area contributed by atoms with E-state index >= 15 is 0 Å². The van der Waals surface area contributed by atoms with Crippen molar-refractivity contribution in [3.63, 3.8) is 0 Å². The van der Waals surface area contributed by atoms with Gasteiger partial charge in [0.25, 0.3) is 0 Å². The molecule has 0 aliphatic carbocycles. The molecule has 1 aliphatic heterocycles. The van der Waals surface area contributed by atoms with Crippen LogP contribution in [0.25, 0.3) is 11.0 Å². The van der Waals surface area contributed by atoms with E-state index in [4.69, 9.17) is 5.41 Å². The lowest BCUT2D eigenvalue weighted by Gasteiger charge is -2.24. The Labute approximate surface area is 129 Å². The molecule has 1 fully saturated rings. The number of para-hydroxylation sites is 2. The number of benzene rings is 1. The van der Waals surface area contributed by atoms with Gasteiger partial charge < -0.3 is 4.57 Å². The third-order valence-electron chi connectivity index (χ3n) is 3.85. The predicted octanol–water partition coefficient (Wildman–Crippen LogP) is 2.01. The van der Waals surface area contributed by atoms with Crippen molar-refractivity contribution in [1.29, 1.82) is 5.41 Å². The molecular formula is C15H19N7. The Hall–Kier alpha value is -2.83. The number of nitrogens with zero attached hydrogens (tertiary/aromatic N) is 5. The van der Waals surface area contributed by atoms with Gasteiger partial charge >= 0.3 is 0 Å². The minimum atomic E-state index is 0.318. The number of aryl methyl sites for hydroxylation is 1. The third-order valence-corrected chi connectivity index (χ3v) is 3.85. The molecule has 0 saturated carbocycles. The van der Waals surface area contributed by atoms with Crippen LogP contribution in [-0.2, 0) is 7.05 Å². The van der Waals surface area contributed by atoms with Crippen LogP contribution in [0, 0.1) is 5.41 Å². The summed E-state index contributed by atoms with van der Waals surface area (Å²) in [5.41, 5.74) is 6.12. The van der Waals surface area contributed by atoms with Crippen LogP contribution < -0.4 is 5.43 Å². The van der Waals surface area contributed by atoms with Gasteiger partial charge in [0, 0.05) is 20.6 Å². The molecule has 3 rings (SSSR count). The van der Waals surface area contributed by atoms with Gasteiger partial charge in [-0.2, -0.15) is 5.10 Å². The van der Waals surface area contributed by atoms with E-state index in [1.54, 1.807) is 5.01 Å². The van der Waals surface area contributed by atoms with Crippen molar-refractivity contribution >= 4 is 28.5 Å². The maximum absolute atomic E-state index is 8.13. The first kappa shape index (κ1) is 14.1. The van der Waals surface area contributed by atoms with Crippen LogP contribution in [0.3, 0.4) is 0 Å². The number of aromatic nitrogens is 2. The summed E-state index contributed by atoms with van der Waals surface area (Å²) in [6.45, 7) is 6.76. The monoisotopic (exact) mass is 297 g/mol. The van der Waals surface area contributed by atoms with Gasteiger partial charge in [-0.1, -0.05) is 18.7 Å². The fourth-order valence-electron chi connectivity index (χ4n) is 2.59. The van der Waals surface area contributed by atoms with Gasteiger partial charge in [-0.25, -0.2) is 10.4 Å². The average molecular weight is 297 g/mol. The quantitative estimate of drug-likeness (QED) is 0.850. The molecule has 1 aromatic heterocycles. The molecule has 114 valence electrons. The van der Waals surface area contributed by atoms with E-state index in [2.05, 4.69) is 22.1 Å². The summed E-state index contributed by atoms with van der Waals surface area (Å²) in [5.74, 6) is 0.949. The third kappa shape index (κ3) is 2.02. The van der Waals surface area contributed by atoms with Gasteiger partial charge in [-0.05, 0) is 19.1 Å². The number of hydrogen-bond donors (Lipinski definition) is 2. The summed E-state index contributed by atoms with van der Waals surface area (Å²) in [4.78, 5) is 4.50. The van der Waals surface area contributed by atoms with E-state index in [1.165, 1.54) is 0 Å². The van der Waals surface area contributed by atoms with Crippen molar-refractivity contribution in [1.82, 2.24) is 19.6 Å². The van der Waals surface area contributed by atoms with Crippen molar-refractivity contribution < 1.29 is 0 Å². The first-order chi connectivity index (χ1) is 10.5. The maximum atomic E-state index is 8.13. The number of nitrogens with one attached hydrogen (secondary N) is 2. The van der Waals surface area contributed by atoms with Crippen LogP contribution in [0.4, 0.5) is 5.95 Å². The average Bonchev–Trinajstić information content (AvgIpc) is 2.94. The van der Waals surface area contributed by atoms with E-state index in [-0.39, 0.29) is 0 Å². The van der Waals surface area contributed by atoms with Crippen molar-refractivity contribution in [3.05, 3.63) is 36.5 Å². The highest BCUT2D eigenvalue weighted by Gasteiger charge is 2.31. The zero-order valence-corrected chi connectivity index (χ0v) is 13.0. The van der Waals surface area contributed by atoms with Gasteiger partial charge in [0.05, 0.1) is 16.7 Å². The second-order valence-electron chi connectivity index (χ2n) is 5.09. The van der Waals surface area contributed by atoms with E-state index in [1.807, 2.05) is 54.9 Å². The van der Waals surface area contributed by atoms with Crippen LogP contribution >= 0.6 is 0 Å². The lowest BCUT2D eigenvalue weighted by atomic mass is 10.3. The molecule has 0 amide bonds. The Kier molecular flexibility index (Phi) is 3.32. The zero-order chi connectivity index (χ0) is 15.9. The van der Waals surface area contributed by atoms with E-state index in [0.29, 0.717) is 23.2 Å². The molecule has 2 heterocycles. The molecule has 7 heteroatoms. The van der Waals surface area contributed by atoms with Gasteiger partial charge in [0.1, 0.15) is 0 Å². The fourth-order valence-corrected chi connectivity index (χ4v) is 2.59. The summed E-state index contributed by atoms with van der Waals surface area (Å²) in [5, 5.41) is 16.1. The highest BCUT2D eigenvalue weighted by Crippen LogP contribution is 2.20. The van der Waals surface area contributed by atoms with E-state index in [0.717, 1.165) is 17.6 Å². The Morgan fingerprint density at radius 3 is 2.68 bits per heavy atom. The Morgan fingerprint density at radius 1 is 1.32 bits per heavy atom. The minimum Gasteiger partial charge on any atom is -0.312 e. The molecule has 0 radical (unpaired) electrons. The van der Waals surface area contributed by atoms with Crippen molar-refractivity contribution in [2.45, 2.75) is 6.92 Å². The summed E-state index contributed by atoms with van der Waals surface area (Å²) in [6, 6.07) is 7.89. The predicted molar refractivity (Wildman–Crippen MR) is 88.8 cm³/mol. The molecule has 7 nitrogen and oxygen atoms in total. The largest absolute Gasteiger partial charge is 0.312 e. The summed E-state index contributed by atoms with van der Waals surface area (Å²) in [6.07, 6.45) is 0. The summed E-state index contributed by atoms with van der Waals surface area (Å²) >= 11 is 0. The number of hydrazine groups is 1. The Morgan fingerprint density at radius 2 is 2.05 bits per heavy atom. The first-order valence-corrected chi connectivity index (χ1v) is 7.09. The molecule has 2 N–H and O–H groups in total. The first-order valence-electron chi connectivity index (χ1n) is 7.09. The Bertz CT molecular complexity index is 786. The van der Waals surface area contributed by atoms with Gasteiger partial charge in [-0.15, -0.1) is 0 Å². The van der Waals surface area contributed by atoms with Crippen LogP contribution in [0.1, 0.15) is 6.92 Å². The topological polar surface area (TPSA) is 72.5 Å². The molecule has 1 aromatic carbocycles. The number of hydrazone groups is 1. The smallest absolute Gasteiger partial charge is 0.224 e. The molecule has 1 aliphatic rings. The number of fused-ring (bicyclic) bond motifs is 1. The van der Waals surface area contributed by atoms with Gasteiger partial charge in [0.2, 0.25) is 5.95 Å². The lowest BCUT2D eigenvalue weighted by molar-refractivity contribution is 0.148. The number of imidazole rings is 1. The molecule has 0 spiro atoms. The maximum Gasteiger partial charge on any atom is 0.224 e. The number of hydrogen-bond acceptors (Lipinski definition) is 5. The second-order valence-corrected chi connectivity index (χ2v) is 5.09. The number of rotatable bonds is 3. The van der Waals surface area contributed by atoms with Crippen molar-refractivity contribution in [2.75, 3.05) is 19.0 Å². The minimum absolute atomic E-state index is 0.318. The SMILES string of the molecule is C=C1C(=NNc2nc3ccccc3n2C)C(=N)N(C)N1CC. The zero-order valence-electron chi connectivity index (χ0n) is 13.0. The Balaban J connectivity index is 1.91.